The molecule has 6 heteroatoms. The lowest BCUT2D eigenvalue weighted by Gasteiger charge is -2.18. The highest BCUT2D eigenvalue weighted by atomic mass is 16.6. The predicted molar refractivity (Wildman–Crippen MR) is 196 cm³/mol. The Bertz CT molecular complexity index is 706. The molecule has 0 spiro atoms. The highest BCUT2D eigenvalue weighted by Gasteiger charge is 2.19. The van der Waals surface area contributed by atoms with Crippen LogP contribution in [-0.4, -0.2) is 37.2 Å². The molecular formula is C41H78O6. The molecule has 0 aromatic carbocycles. The van der Waals surface area contributed by atoms with Crippen molar-refractivity contribution in [1.82, 2.24) is 0 Å². The smallest absolute Gasteiger partial charge is 0.306 e. The Morgan fingerprint density at radius 2 is 0.702 bits per heavy atom. The fourth-order valence-corrected chi connectivity index (χ4v) is 5.92. The Balaban J connectivity index is 4.29. The highest BCUT2D eigenvalue weighted by molar-refractivity contribution is 5.71. The first-order valence-electron chi connectivity index (χ1n) is 20.4. The van der Waals surface area contributed by atoms with Crippen molar-refractivity contribution >= 4 is 17.9 Å². The van der Waals surface area contributed by atoms with Crippen molar-refractivity contribution in [3.05, 3.63) is 0 Å². The summed E-state index contributed by atoms with van der Waals surface area (Å²) in [5.41, 5.74) is 0. The van der Waals surface area contributed by atoms with Gasteiger partial charge in [-0.3, -0.25) is 14.4 Å². The lowest BCUT2D eigenvalue weighted by molar-refractivity contribution is -0.167. The third-order valence-corrected chi connectivity index (χ3v) is 9.04. The van der Waals surface area contributed by atoms with E-state index >= 15 is 0 Å². The normalized spacial score (nSPS) is 11.9. The van der Waals surface area contributed by atoms with Crippen LogP contribution in [-0.2, 0) is 28.6 Å². The molecule has 0 rings (SSSR count). The summed E-state index contributed by atoms with van der Waals surface area (Å²) in [6, 6.07) is 0. The van der Waals surface area contributed by atoms with Crippen molar-refractivity contribution in [2.24, 2.45) is 5.92 Å². The van der Waals surface area contributed by atoms with Crippen LogP contribution >= 0.6 is 0 Å². The van der Waals surface area contributed by atoms with Gasteiger partial charge in [-0.1, -0.05) is 182 Å². The molecule has 0 saturated heterocycles. The highest BCUT2D eigenvalue weighted by Crippen LogP contribution is 2.15. The molecule has 6 nitrogen and oxygen atoms in total. The molecule has 0 radical (unpaired) electrons. The van der Waals surface area contributed by atoms with E-state index in [2.05, 4.69) is 27.7 Å². The van der Waals surface area contributed by atoms with Crippen molar-refractivity contribution in [2.45, 2.75) is 226 Å². The van der Waals surface area contributed by atoms with E-state index in [0.29, 0.717) is 19.3 Å². The summed E-state index contributed by atoms with van der Waals surface area (Å²) in [5.74, 6) is -0.113. The summed E-state index contributed by atoms with van der Waals surface area (Å²) in [6.45, 7) is 8.86. The molecule has 278 valence electrons. The molecule has 0 fully saturated rings. The molecule has 0 unspecified atom stereocenters. The molecule has 0 aliphatic carbocycles. The van der Waals surface area contributed by atoms with E-state index in [0.717, 1.165) is 63.7 Å². The number of unbranched alkanes of at least 4 members (excludes halogenated alkanes) is 23. The van der Waals surface area contributed by atoms with Crippen molar-refractivity contribution in [3.63, 3.8) is 0 Å². The van der Waals surface area contributed by atoms with Crippen molar-refractivity contribution < 1.29 is 28.6 Å². The van der Waals surface area contributed by atoms with Crippen molar-refractivity contribution in [2.75, 3.05) is 13.2 Å². The Morgan fingerprint density at radius 3 is 1.04 bits per heavy atom. The zero-order chi connectivity index (χ0) is 34.6. The van der Waals surface area contributed by atoms with Crippen molar-refractivity contribution in [1.29, 1.82) is 0 Å². The summed E-state index contributed by atoms with van der Waals surface area (Å²) in [7, 11) is 0. The maximum Gasteiger partial charge on any atom is 0.306 e. The summed E-state index contributed by atoms with van der Waals surface area (Å²) < 4.78 is 16.6. The Morgan fingerprint density at radius 1 is 0.404 bits per heavy atom. The van der Waals surface area contributed by atoms with Gasteiger partial charge in [0.05, 0.1) is 0 Å². The van der Waals surface area contributed by atoms with Crippen LogP contribution in [0, 0.1) is 5.92 Å². The fraction of sp³-hybridized carbons (Fsp3) is 0.927. The van der Waals surface area contributed by atoms with Gasteiger partial charge in [0.15, 0.2) is 6.10 Å². The molecule has 0 saturated carbocycles. The van der Waals surface area contributed by atoms with E-state index in [9.17, 15) is 14.4 Å². The van der Waals surface area contributed by atoms with Gasteiger partial charge in [-0.2, -0.15) is 0 Å². The van der Waals surface area contributed by atoms with Crippen LogP contribution in [0.4, 0.5) is 0 Å². The SMILES string of the molecule is CCCCCCCCCCCCCCCC(=O)OC[C@H](COC(=O)CCCCCCCCC)OC(=O)CCCCCCCCC(C)C. The lowest BCUT2D eigenvalue weighted by atomic mass is 10.0. The maximum atomic E-state index is 12.6. The monoisotopic (exact) mass is 667 g/mol. The summed E-state index contributed by atoms with van der Waals surface area (Å²) >= 11 is 0. The first-order valence-corrected chi connectivity index (χ1v) is 20.4. The number of rotatable bonds is 36. The van der Waals surface area contributed by atoms with Gasteiger partial charge in [-0.05, 0) is 25.2 Å². The number of carbonyl (C=O) groups excluding carboxylic acids is 3. The van der Waals surface area contributed by atoms with E-state index in [1.54, 1.807) is 0 Å². The zero-order valence-electron chi connectivity index (χ0n) is 31.7. The van der Waals surface area contributed by atoms with Gasteiger partial charge in [0.25, 0.3) is 0 Å². The maximum absolute atomic E-state index is 12.6. The lowest BCUT2D eigenvalue weighted by Crippen LogP contribution is -2.30. The van der Waals surface area contributed by atoms with E-state index in [1.807, 2.05) is 0 Å². The van der Waals surface area contributed by atoms with Crippen LogP contribution in [0.2, 0.25) is 0 Å². The molecule has 0 aromatic heterocycles. The average molecular weight is 667 g/mol. The summed E-state index contributed by atoms with van der Waals surface area (Å²) in [4.78, 5) is 37.3. The standard InChI is InChI=1S/C41H78O6/c1-5-7-9-11-13-14-15-16-17-18-20-25-29-33-40(43)46-36-38(35-45-39(42)32-28-24-19-12-10-8-6-2)47-41(44)34-30-26-22-21-23-27-31-37(3)4/h37-38H,5-36H2,1-4H3/t38-/m0/s1. The molecular weight excluding hydrogens is 588 g/mol. The molecule has 0 amide bonds. The largest absolute Gasteiger partial charge is 0.462 e. The minimum atomic E-state index is -0.757. The van der Waals surface area contributed by atoms with Crippen molar-refractivity contribution in [3.8, 4) is 0 Å². The van der Waals surface area contributed by atoms with Gasteiger partial charge in [-0.15, -0.1) is 0 Å². The van der Waals surface area contributed by atoms with Gasteiger partial charge in [0.1, 0.15) is 13.2 Å². The van der Waals surface area contributed by atoms with E-state index in [-0.39, 0.29) is 31.1 Å². The van der Waals surface area contributed by atoms with Crippen LogP contribution in [0.25, 0.3) is 0 Å². The molecule has 0 aliphatic rings. The van der Waals surface area contributed by atoms with Crippen LogP contribution in [0.5, 0.6) is 0 Å². The quantitative estimate of drug-likeness (QED) is 0.0376. The van der Waals surface area contributed by atoms with Crippen LogP contribution in [0.15, 0.2) is 0 Å². The van der Waals surface area contributed by atoms with E-state index in [1.165, 1.54) is 116 Å². The number of hydrogen-bond acceptors (Lipinski definition) is 6. The predicted octanol–water partition coefficient (Wildman–Crippen LogP) is 12.4. The second-order valence-electron chi connectivity index (χ2n) is 14.4. The van der Waals surface area contributed by atoms with Gasteiger partial charge in [0, 0.05) is 19.3 Å². The molecule has 0 heterocycles. The van der Waals surface area contributed by atoms with Gasteiger partial charge >= 0.3 is 17.9 Å². The molecule has 0 bridgehead atoms. The summed E-state index contributed by atoms with van der Waals surface area (Å²) in [5, 5.41) is 0. The molecule has 0 aliphatic heterocycles. The fourth-order valence-electron chi connectivity index (χ4n) is 5.92. The zero-order valence-corrected chi connectivity index (χ0v) is 31.7. The van der Waals surface area contributed by atoms with Crippen LogP contribution in [0.1, 0.15) is 220 Å². The summed E-state index contributed by atoms with van der Waals surface area (Å²) in [6.07, 6.45) is 32.5. The van der Waals surface area contributed by atoms with E-state index in [4.69, 9.17) is 14.2 Å². The molecule has 47 heavy (non-hydrogen) atoms. The number of esters is 3. The van der Waals surface area contributed by atoms with Gasteiger partial charge in [0.2, 0.25) is 0 Å². The van der Waals surface area contributed by atoms with Gasteiger partial charge < -0.3 is 14.2 Å². The average Bonchev–Trinajstić information content (AvgIpc) is 3.05. The Kier molecular flexibility index (Phi) is 34.5. The van der Waals surface area contributed by atoms with Crippen LogP contribution in [0.3, 0.4) is 0 Å². The van der Waals surface area contributed by atoms with Crippen LogP contribution < -0.4 is 0 Å². The second-order valence-corrected chi connectivity index (χ2v) is 14.4. The number of hydrogen-bond donors (Lipinski definition) is 0. The molecule has 1 atom stereocenters. The number of carbonyl (C=O) groups is 3. The third-order valence-electron chi connectivity index (χ3n) is 9.04. The Labute approximate surface area is 291 Å². The minimum absolute atomic E-state index is 0.0659. The first-order chi connectivity index (χ1) is 22.9. The second kappa shape index (κ2) is 35.7. The topological polar surface area (TPSA) is 78.9 Å². The molecule has 0 N–H and O–H groups in total. The Hall–Kier alpha value is -1.59. The van der Waals surface area contributed by atoms with Gasteiger partial charge in [-0.25, -0.2) is 0 Å². The third kappa shape index (κ3) is 35.5. The first kappa shape index (κ1) is 45.4. The molecule has 0 aromatic rings. The minimum Gasteiger partial charge on any atom is -0.462 e. The number of ether oxygens (including phenoxy) is 3. The van der Waals surface area contributed by atoms with E-state index < -0.39 is 6.10 Å².